The minimum atomic E-state index is 0.785. The highest BCUT2D eigenvalue weighted by atomic mass is 15.1. The van der Waals surface area contributed by atoms with Crippen LogP contribution in [0.25, 0.3) is 121 Å². The Hall–Kier alpha value is -8.34. The number of fused-ring (bicyclic) bond motifs is 10. The fraction of sp³-hybridized carbons (Fsp3) is 0. The lowest BCUT2D eigenvalue weighted by Crippen LogP contribution is -2.04. The van der Waals surface area contributed by atoms with E-state index in [9.17, 15) is 0 Å². The van der Waals surface area contributed by atoms with Crippen LogP contribution in [0.15, 0.2) is 218 Å². The van der Waals surface area contributed by atoms with Crippen LogP contribution in [0.1, 0.15) is 0 Å². The summed E-state index contributed by atoms with van der Waals surface area (Å²) in [6.45, 7) is 0. The van der Waals surface area contributed by atoms with Crippen molar-refractivity contribution in [2.45, 2.75) is 0 Å². The van der Waals surface area contributed by atoms with Gasteiger partial charge in [-0.15, -0.1) is 0 Å². The predicted molar refractivity (Wildman–Crippen MR) is 260 cm³/mol. The summed E-state index contributed by atoms with van der Waals surface area (Å²) >= 11 is 0. The summed E-state index contributed by atoms with van der Waals surface area (Å²) < 4.78 is 4.87. The second-order valence-electron chi connectivity index (χ2n) is 16.2. The Balaban J connectivity index is 1.18. The molecule has 10 aromatic carbocycles. The third-order valence-corrected chi connectivity index (χ3v) is 12.6. The second kappa shape index (κ2) is 13.6. The van der Waals surface area contributed by atoms with Gasteiger partial charge in [-0.25, -0.2) is 9.97 Å². The van der Waals surface area contributed by atoms with Gasteiger partial charge in [-0.1, -0.05) is 158 Å². The van der Waals surface area contributed by atoms with Gasteiger partial charge in [-0.2, -0.15) is 0 Å². The Kier molecular flexibility index (Phi) is 7.57. The standard InChI is InChI=1S/C58H36N4/c1-3-16-37(17-4-1)42-32-43(38-18-5-2-6-19-38)34-44(33-42)56-58(60-50-26-13-12-25-49(50)59-56)62-53-29-15-28-52(55(53)48-35-40-21-7-8-22-41(40)36-54(48)62)61-51-27-14-11-24-46(51)47-31-30-39-20-9-10-23-45(39)57(47)61/h1-36H. The molecule has 13 rings (SSSR count). The monoisotopic (exact) mass is 788 g/mol. The maximum Gasteiger partial charge on any atom is 0.165 e. The van der Waals surface area contributed by atoms with Crippen LogP contribution in [0.4, 0.5) is 0 Å². The summed E-state index contributed by atoms with van der Waals surface area (Å²) in [7, 11) is 0. The quantitative estimate of drug-likeness (QED) is 0.174. The summed E-state index contributed by atoms with van der Waals surface area (Å²) in [5, 5.41) is 9.58. The molecular formula is C58H36N4. The zero-order valence-corrected chi connectivity index (χ0v) is 33.6. The molecule has 0 aliphatic carbocycles. The number of hydrogen-bond acceptors (Lipinski definition) is 2. The van der Waals surface area contributed by atoms with Gasteiger partial charge in [0.05, 0.1) is 38.8 Å². The van der Waals surface area contributed by atoms with Crippen LogP contribution in [0.2, 0.25) is 0 Å². The van der Waals surface area contributed by atoms with E-state index in [4.69, 9.17) is 9.97 Å². The van der Waals surface area contributed by atoms with Crippen molar-refractivity contribution in [1.82, 2.24) is 19.1 Å². The third kappa shape index (κ3) is 5.27. The number of para-hydroxylation sites is 3. The fourth-order valence-electron chi connectivity index (χ4n) is 9.83. The van der Waals surface area contributed by atoms with Gasteiger partial charge in [0.2, 0.25) is 0 Å². The van der Waals surface area contributed by atoms with Crippen LogP contribution in [0.3, 0.4) is 0 Å². The van der Waals surface area contributed by atoms with E-state index in [1.54, 1.807) is 0 Å². The number of aromatic nitrogens is 4. The Labute approximate surface area is 357 Å². The first-order valence-electron chi connectivity index (χ1n) is 21.2. The number of hydrogen-bond donors (Lipinski definition) is 0. The molecule has 0 bridgehead atoms. The number of rotatable bonds is 5. The normalized spacial score (nSPS) is 11.9. The van der Waals surface area contributed by atoms with Crippen molar-refractivity contribution in [2.75, 3.05) is 0 Å². The molecule has 0 atom stereocenters. The molecule has 3 aromatic heterocycles. The lowest BCUT2D eigenvalue weighted by Gasteiger charge is -2.16. The molecule has 0 saturated heterocycles. The van der Waals surface area contributed by atoms with E-state index in [0.717, 1.165) is 77.9 Å². The van der Waals surface area contributed by atoms with Crippen LogP contribution >= 0.6 is 0 Å². The third-order valence-electron chi connectivity index (χ3n) is 12.6. The minimum absolute atomic E-state index is 0.785. The van der Waals surface area contributed by atoms with Gasteiger partial charge in [0.25, 0.3) is 0 Å². The van der Waals surface area contributed by atoms with E-state index in [1.165, 1.54) is 43.4 Å². The van der Waals surface area contributed by atoms with Gasteiger partial charge in [-0.05, 0) is 99.1 Å². The molecule has 0 aliphatic rings. The topological polar surface area (TPSA) is 35.6 Å². The van der Waals surface area contributed by atoms with Gasteiger partial charge in [0.15, 0.2) is 5.82 Å². The van der Waals surface area contributed by atoms with Crippen molar-refractivity contribution in [3.8, 4) is 45.0 Å². The molecule has 0 saturated carbocycles. The van der Waals surface area contributed by atoms with Crippen molar-refractivity contribution in [1.29, 1.82) is 0 Å². The average molecular weight is 789 g/mol. The van der Waals surface area contributed by atoms with E-state index in [1.807, 2.05) is 12.1 Å². The lowest BCUT2D eigenvalue weighted by molar-refractivity contribution is 1.08. The van der Waals surface area contributed by atoms with E-state index >= 15 is 0 Å². The molecule has 0 fully saturated rings. The van der Waals surface area contributed by atoms with Gasteiger partial charge >= 0.3 is 0 Å². The van der Waals surface area contributed by atoms with Gasteiger partial charge in [0.1, 0.15) is 5.69 Å². The lowest BCUT2D eigenvalue weighted by atomic mass is 9.95. The first-order valence-corrected chi connectivity index (χ1v) is 21.2. The molecule has 4 heteroatoms. The molecule has 288 valence electrons. The molecular weight excluding hydrogens is 753 g/mol. The predicted octanol–water partition coefficient (Wildman–Crippen LogP) is 15.1. The van der Waals surface area contributed by atoms with Crippen LogP contribution in [-0.2, 0) is 0 Å². The Morgan fingerprint density at radius 2 is 0.887 bits per heavy atom. The van der Waals surface area contributed by atoms with Crippen molar-refractivity contribution in [3.63, 3.8) is 0 Å². The fourth-order valence-corrected chi connectivity index (χ4v) is 9.83. The highest BCUT2D eigenvalue weighted by Gasteiger charge is 2.24. The van der Waals surface area contributed by atoms with E-state index in [0.29, 0.717) is 0 Å². The van der Waals surface area contributed by atoms with Crippen molar-refractivity contribution >= 4 is 76.2 Å². The largest absolute Gasteiger partial charge is 0.308 e. The molecule has 13 aromatic rings. The van der Waals surface area contributed by atoms with Crippen LogP contribution in [0, 0.1) is 0 Å². The summed E-state index contributed by atoms with van der Waals surface area (Å²) in [5.74, 6) is 0.785. The van der Waals surface area contributed by atoms with Gasteiger partial charge < -0.3 is 4.57 Å². The molecule has 0 unspecified atom stereocenters. The highest BCUT2D eigenvalue weighted by Crippen LogP contribution is 2.44. The van der Waals surface area contributed by atoms with Crippen molar-refractivity contribution in [3.05, 3.63) is 218 Å². The first-order chi connectivity index (χ1) is 30.7. The average Bonchev–Trinajstić information content (AvgIpc) is 3.86. The maximum atomic E-state index is 5.61. The Bertz CT molecular complexity index is 3860. The molecule has 0 aliphatic heterocycles. The molecule has 3 heterocycles. The van der Waals surface area contributed by atoms with E-state index in [-0.39, 0.29) is 0 Å². The zero-order chi connectivity index (χ0) is 40.7. The Morgan fingerprint density at radius 3 is 1.63 bits per heavy atom. The SMILES string of the molecule is c1ccc(-c2cc(-c3ccccc3)cc(-c3nc4ccccc4nc3-n3c4cc5ccccc5cc4c4c(-n5c6ccccc6c6ccc7ccccc7c65)cccc43)c2)cc1. The van der Waals surface area contributed by atoms with Gasteiger partial charge in [-0.3, -0.25) is 4.57 Å². The number of nitrogens with zero attached hydrogens (tertiary/aromatic N) is 4. The smallest absolute Gasteiger partial charge is 0.165 e. The zero-order valence-electron chi connectivity index (χ0n) is 33.6. The second-order valence-corrected chi connectivity index (χ2v) is 16.2. The molecule has 0 N–H and O–H groups in total. The van der Waals surface area contributed by atoms with E-state index < -0.39 is 0 Å². The Morgan fingerprint density at radius 1 is 0.306 bits per heavy atom. The molecule has 0 radical (unpaired) electrons. The summed E-state index contributed by atoms with van der Waals surface area (Å²) in [6, 6.07) is 78.6. The van der Waals surface area contributed by atoms with Crippen molar-refractivity contribution < 1.29 is 0 Å². The van der Waals surface area contributed by atoms with Gasteiger partial charge in [0, 0.05) is 32.5 Å². The van der Waals surface area contributed by atoms with Crippen molar-refractivity contribution in [2.24, 2.45) is 0 Å². The molecule has 0 amide bonds. The molecule has 0 spiro atoms. The van der Waals surface area contributed by atoms with E-state index in [2.05, 4.69) is 215 Å². The van der Waals surface area contributed by atoms with Crippen LogP contribution < -0.4 is 0 Å². The highest BCUT2D eigenvalue weighted by molar-refractivity contribution is 6.22. The minimum Gasteiger partial charge on any atom is -0.308 e. The molecule has 62 heavy (non-hydrogen) atoms. The molecule has 4 nitrogen and oxygen atoms in total. The van der Waals surface area contributed by atoms with Crippen LogP contribution in [-0.4, -0.2) is 19.1 Å². The first kappa shape index (κ1) is 34.5. The number of benzene rings is 10. The summed E-state index contributed by atoms with van der Waals surface area (Å²) in [6.07, 6.45) is 0. The maximum absolute atomic E-state index is 5.61. The summed E-state index contributed by atoms with van der Waals surface area (Å²) in [4.78, 5) is 11.2. The van der Waals surface area contributed by atoms with Crippen LogP contribution in [0.5, 0.6) is 0 Å². The summed E-state index contributed by atoms with van der Waals surface area (Å²) in [5.41, 5.74) is 13.7.